The summed E-state index contributed by atoms with van der Waals surface area (Å²) in [5, 5.41) is 0.0840. The topological polar surface area (TPSA) is 52.7 Å². The molecule has 150 valence electrons. The number of anilines is 1. The summed E-state index contributed by atoms with van der Waals surface area (Å²) in [6.07, 6.45) is 0. The second-order valence-electron chi connectivity index (χ2n) is 7.43. The Balaban J connectivity index is 1.37. The summed E-state index contributed by atoms with van der Waals surface area (Å²) in [6.45, 7) is 3.79. The zero-order valence-corrected chi connectivity index (χ0v) is 17.1. The number of halogens is 2. The van der Waals surface area contributed by atoms with E-state index >= 15 is 0 Å². The molecule has 1 saturated carbocycles. The highest BCUT2D eigenvalue weighted by molar-refractivity contribution is 7.87. The highest BCUT2D eigenvalue weighted by Gasteiger charge is 2.50. The molecule has 0 unspecified atom stereocenters. The van der Waals surface area contributed by atoms with Crippen molar-refractivity contribution in [3.05, 3.63) is 64.9 Å². The standard InChI is InChI=1S/C20H23ClFN3O2S/c1-14-19(15-5-3-2-4-6-15)20(14)23-28(26,27)25-11-9-24(10-12-25)16-7-8-17(21)18(22)13-16/h2-8,13-14,19-20,23H,9-12H2,1H3/t14-,19-,20+/m1/s1. The molecule has 1 aliphatic heterocycles. The molecule has 0 radical (unpaired) electrons. The molecule has 1 aliphatic carbocycles. The molecular weight excluding hydrogens is 401 g/mol. The largest absolute Gasteiger partial charge is 0.369 e. The summed E-state index contributed by atoms with van der Waals surface area (Å²) < 4.78 is 43.7. The van der Waals surface area contributed by atoms with E-state index in [1.807, 2.05) is 35.2 Å². The molecule has 2 aliphatic rings. The lowest BCUT2D eigenvalue weighted by Crippen LogP contribution is -2.52. The predicted octanol–water partition coefficient (Wildman–Crippen LogP) is 3.24. The van der Waals surface area contributed by atoms with Gasteiger partial charge in [-0.1, -0.05) is 48.9 Å². The normalized spacial score (nSPS) is 25.7. The molecule has 4 rings (SSSR count). The molecule has 28 heavy (non-hydrogen) atoms. The lowest BCUT2D eigenvalue weighted by Gasteiger charge is -2.35. The van der Waals surface area contributed by atoms with E-state index in [2.05, 4.69) is 11.6 Å². The Kier molecular flexibility index (Phi) is 5.35. The molecule has 0 amide bonds. The monoisotopic (exact) mass is 423 g/mol. The summed E-state index contributed by atoms with van der Waals surface area (Å²) in [4.78, 5) is 1.97. The van der Waals surface area contributed by atoms with Crippen LogP contribution in [0.4, 0.5) is 10.1 Å². The molecule has 2 fully saturated rings. The molecule has 0 bridgehead atoms. The minimum Gasteiger partial charge on any atom is -0.369 e. The maximum absolute atomic E-state index is 13.7. The van der Waals surface area contributed by atoms with Crippen LogP contribution in [-0.2, 0) is 10.2 Å². The van der Waals surface area contributed by atoms with Gasteiger partial charge in [-0.25, -0.2) is 4.39 Å². The van der Waals surface area contributed by atoms with Crippen molar-refractivity contribution in [2.75, 3.05) is 31.1 Å². The molecule has 1 heterocycles. The molecule has 1 saturated heterocycles. The molecule has 1 N–H and O–H groups in total. The van der Waals surface area contributed by atoms with Crippen molar-refractivity contribution in [2.24, 2.45) is 5.92 Å². The van der Waals surface area contributed by atoms with Gasteiger partial charge in [0.2, 0.25) is 0 Å². The highest BCUT2D eigenvalue weighted by Crippen LogP contribution is 2.47. The van der Waals surface area contributed by atoms with Crippen molar-refractivity contribution in [1.82, 2.24) is 9.03 Å². The van der Waals surface area contributed by atoms with Crippen molar-refractivity contribution in [3.8, 4) is 0 Å². The van der Waals surface area contributed by atoms with E-state index in [0.717, 1.165) is 5.56 Å². The fourth-order valence-corrected chi connectivity index (χ4v) is 5.56. The Labute approximate surface area is 170 Å². The number of nitrogens with zero attached hydrogens (tertiary/aromatic N) is 2. The van der Waals surface area contributed by atoms with Crippen molar-refractivity contribution in [2.45, 2.75) is 18.9 Å². The smallest absolute Gasteiger partial charge is 0.279 e. The molecular formula is C20H23ClFN3O2S. The lowest BCUT2D eigenvalue weighted by atomic mass is 10.1. The molecule has 3 atom stereocenters. The van der Waals surface area contributed by atoms with Crippen LogP contribution in [0.5, 0.6) is 0 Å². The van der Waals surface area contributed by atoms with Gasteiger partial charge in [0.15, 0.2) is 0 Å². The molecule has 0 spiro atoms. The third-order valence-electron chi connectivity index (χ3n) is 5.70. The van der Waals surface area contributed by atoms with E-state index < -0.39 is 16.0 Å². The van der Waals surface area contributed by atoms with Crippen molar-refractivity contribution >= 4 is 27.5 Å². The SMILES string of the molecule is C[C@H]1[C@H](NS(=O)(=O)N2CCN(c3ccc(Cl)c(F)c3)CC2)[C@H]1c1ccccc1. The summed E-state index contributed by atoms with van der Waals surface area (Å²) in [7, 11) is -3.55. The second-order valence-corrected chi connectivity index (χ2v) is 9.54. The lowest BCUT2D eigenvalue weighted by molar-refractivity contribution is 0.377. The first-order valence-corrected chi connectivity index (χ1v) is 11.2. The summed E-state index contributed by atoms with van der Waals surface area (Å²) in [6, 6.07) is 14.6. The average Bonchev–Trinajstić information content (AvgIpc) is 3.32. The quantitative estimate of drug-likeness (QED) is 0.803. The third-order valence-corrected chi connectivity index (χ3v) is 7.62. The Morgan fingerprint density at radius 2 is 1.75 bits per heavy atom. The molecule has 5 nitrogen and oxygen atoms in total. The van der Waals surface area contributed by atoms with E-state index in [9.17, 15) is 12.8 Å². The van der Waals surface area contributed by atoms with Crippen molar-refractivity contribution in [3.63, 3.8) is 0 Å². The van der Waals surface area contributed by atoms with Crippen LogP contribution < -0.4 is 9.62 Å². The number of benzene rings is 2. The van der Waals surface area contributed by atoms with E-state index in [4.69, 9.17) is 11.6 Å². The zero-order valence-electron chi connectivity index (χ0n) is 15.6. The van der Waals surface area contributed by atoms with Crippen LogP contribution in [0.15, 0.2) is 48.5 Å². The van der Waals surface area contributed by atoms with Gasteiger partial charge < -0.3 is 4.90 Å². The van der Waals surface area contributed by atoms with Gasteiger partial charge in [0, 0.05) is 43.8 Å². The first-order chi connectivity index (χ1) is 13.4. The van der Waals surface area contributed by atoms with E-state index in [0.29, 0.717) is 31.9 Å². The number of rotatable bonds is 5. The average molecular weight is 424 g/mol. The summed E-state index contributed by atoms with van der Waals surface area (Å²) >= 11 is 5.74. The van der Waals surface area contributed by atoms with Crippen LogP contribution in [0, 0.1) is 11.7 Å². The molecule has 2 aromatic rings. The number of hydrogen-bond acceptors (Lipinski definition) is 3. The maximum Gasteiger partial charge on any atom is 0.279 e. The predicted molar refractivity (Wildman–Crippen MR) is 109 cm³/mol. The summed E-state index contributed by atoms with van der Waals surface area (Å²) in [5.74, 6) is 0.0235. The Bertz CT molecular complexity index is 949. The summed E-state index contributed by atoms with van der Waals surface area (Å²) in [5.41, 5.74) is 1.88. The van der Waals surface area contributed by atoms with Gasteiger partial charge in [-0.15, -0.1) is 0 Å². The van der Waals surface area contributed by atoms with Gasteiger partial charge in [0.25, 0.3) is 10.2 Å². The molecule has 0 aromatic heterocycles. The van der Waals surface area contributed by atoms with E-state index in [1.54, 1.807) is 6.07 Å². The molecule has 8 heteroatoms. The first-order valence-electron chi connectivity index (χ1n) is 9.39. The van der Waals surface area contributed by atoms with E-state index in [1.165, 1.54) is 16.4 Å². The Morgan fingerprint density at radius 1 is 1.07 bits per heavy atom. The zero-order chi connectivity index (χ0) is 19.9. The third kappa shape index (κ3) is 3.89. The Hall–Kier alpha value is -1.67. The Morgan fingerprint density at radius 3 is 2.39 bits per heavy atom. The maximum atomic E-state index is 13.7. The number of nitrogens with one attached hydrogen (secondary N) is 1. The highest BCUT2D eigenvalue weighted by atomic mass is 35.5. The van der Waals surface area contributed by atoms with Gasteiger partial charge in [-0.05, 0) is 29.7 Å². The van der Waals surface area contributed by atoms with Crippen LogP contribution in [0.25, 0.3) is 0 Å². The van der Waals surface area contributed by atoms with Gasteiger partial charge >= 0.3 is 0 Å². The minimum atomic E-state index is -3.55. The van der Waals surface area contributed by atoms with Gasteiger partial charge in [-0.3, -0.25) is 0 Å². The van der Waals surface area contributed by atoms with Crippen molar-refractivity contribution < 1.29 is 12.8 Å². The van der Waals surface area contributed by atoms with Gasteiger partial charge in [-0.2, -0.15) is 17.4 Å². The number of hydrogen-bond donors (Lipinski definition) is 1. The van der Waals surface area contributed by atoms with Gasteiger partial charge in [0.05, 0.1) is 5.02 Å². The van der Waals surface area contributed by atoms with Crippen LogP contribution in [0.1, 0.15) is 18.4 Å². The minimum absolute atomic E-state index is 0.0733. The fraction of sp³-hybridized carbons (Fsp3) is 0.400. The number of piperazine rings is 1. The van der Waals surface area contributed by atoms with Crippen LogP contribution in [0.3, 0.4) is 0 Å². The van der Waals surface area contributed by atoms with Crippen molar-refractivity contribution in [1.29, 1.82) is 0 Å². The fourth-order valence-electron chi connectivity index (χ4n) is 3.94. The van der Waals surface area contributed by atoms with Crippen LogP contribution in [-0.4, -0.2) is 44.9 Å². The van der Waals surface area contributed by atoms with Crippen LogP contribution >= 0.6 is 11.6 Å². The first kappa shape index (κ1) is 19.6. The van der Waals surface area contributed by atoms with E-state index in [-0.39, 0.29) is 22.9 Å². The van der Waals surface area contributed by atoms with Crippen LogP contribution in [0.2, 0.25) is 5.02 Å². The molecule has 2 aromatic carbocycles. The second kappa shape index (κ2) is 7.63. The van der Waals surface area contributed by atoms with Gasteiger partial charge in [0.1, 0.15) is 5.82 Å².